The highest BCUT2D eigenvalue weighted by Gasteiger charge is 2.21. The van der Waals surface area contributed by atoms with E-state index in [1.165, 1.54) is 0 Å². The van der Waals surface area contributed by atoms with E-state index < -0.39 is 0 Å². The fourth-order valence-electron chi connectivity index (χ4n) is 1.83. The highest BCUT2D eigenvalue weighted by molar-refractivity contribution is 5.78. The number of amides is 1. The maximum absolute atomic E-state index is 11.5. The van der Waals surface area contributed by atoms with Crippen LogP contribution in [0.4, 0.5) is 0 Å². The van der Waals surface area contributed by atoms with Crippen molar-refractivity contribution in [3.63, 3.8) is 0 Å². The van der Waals surface area contributed by atoms with E-state index in [-0.39, 0.29) is 12.5 Å². The lowest BCUT2D eigenvalue weighted by Gasteiger charge is -2.31. The molecule has 0 radical (unpaired) electrons. The van der Waals surface area contributed by atoms with E-state index in [9.17, 15) is 4.79 Å². The molecule has 1 heterocycles. The molecule has 0 aromatic carbocycles. The van der Waals surface area contributed by atoms with Gasteiger partial charge in [0.2, 0.25) is 5.91 Å². The minimum atomic E-state index is -0.0762. The van der Waals surface area contributed by atoms with Gasteiger partial charge in [0.25, 0.3) is 0 Å². The van der Waals surface area contributed by atoms with Gasteiger partial charge in [0.1, 0.15) is 6.54 Å². The Hall–Kier alpha value is -1.26. The summed E-state index contributed by atoms with van der Waals surface area (Å²) in [5, 5.41) is 3.28. The van der Waals surface area contributed by atoms with Gasteiger partial charge < -0.3 is 9.64 Å². The molecule has 0 saturated carbocycles. The number of carbonyl (C=O) groups is 1. The van der Waals surface area contributed by atoms with Crippen molar-refractivity contribution in [3.8, 4) is 0 Å². The lowest BCUT2D eigenvalue weighted by atomic mass is 9.98. The van der Waals surface area contributed by atoms with Crippen LogP contribution in [0.2, 0.25) is 0 Å². The van der Waals surface area contributed by atoms with Crippen LogP contribution in [0, 0.1) is 5.92 Å². The van der Waals surface area contributed by atoms with Crippen molar-refractivity contribution in [1.82, 2.24) is 4.90 Å². The number of hydrogen-bond donors (Lipinski definition) is 0. The molecule has 0 unspecified atom stereocenters. The first-order chi connectivity index (χ1) is 7.77. The lowest BCUT2D eigenvalue weighted by molar-refractivity contribution is -0.131. The number of azide groups is 1. The van der Waals surface area contributed by atoms with Crippen molar-refractivity contribution in [1.29, 1.82) is 0 Å². The Balaban J connectivity index is 2.25. The molecule has 6 heteroatoms. The van der Waals surface area contributed by atoms with Crippen molar-refractivity contribution in [3.05, 3.63) is 10.4 Å². The highest BCUT2D eigenvalue weighted by atomic mass is 16.5. The van der Waals surface area contributed by atoms with E-state index in [1.54, 1.807) is 4.90 Å². The average Bonchev–Trinajstić information content (AvgIpc) is 2.34. The second kappa shape index (κ2) is 7.09. The first kappa shape index (κ1) is 12.8. The summed E-state index contributed by atoms with van der Waals surface area (Å²) in [5.41, 5.74) is 8.12. The molecular formula is C10H18N4O2. The molecular weight excluding hydrogens is 208 g/mol. The minimum Gasteiger partial charge on any atom is -0.381 e. The topological polar surface area (TPSA) is 78.3 Å². The SMILES string of the molecule is CCOCC1CCN(C(=O)CN=[N+]=[N-])CC1. The Morgan fingerprint density at radius 1 is 1.56 bits per heavy atom. The second-order valence-corrected chi connectivity index (χ2v) is 3.87. The van der Waals surface area contributed by atoms with Gasteiger partial charge in [0.15, 0.2) is 0 Å². The molecule has 0 aromatic rings. The number of hydrogen-bond acceptors (Lipinski definition) is 3. The largest absolute Gasteiger partial charge is 0.381 e. The van der Waals surface area contributed by atoms with Crippen LogP contribution >= 0.6 is 0 Å². The van der Waals surface area contributed by atoms with Crippen LogP contribution in [-0.2, 0) is 9.53 Å². The molecule has 16 heavy (non-hydrogen) atoms. The van der Waals surface area contributed by atoms with Gasteiger partial charge in [-0.15, -0.1) is 0 Å². The fourth-order valence-corrected chi connectivity index (χ4v) is 1.83. The molecule has 1 amide bonds. The minimum absolute atomic E-state index is 0.0629. The number of nitrogens with zero attached hydrogens (tertiary/aromatic N) is 4. The van der Waals surface area contributed by atoms with Crippen LogP contribution in [0.5, 0.6) is 0 Å². The van der Waals surface area contributed by atoms with Crippen molar-refractivity contribution >= 4 is 5.91 Å². The van der Waals surface area contributed by atoms with Gasteiger partial charge in [-0.3, -0.25) is 4.79 Å². The number of ether oxygens (including phenoxy) is 1. The summed E-state index contributed by atoms with van der Waals surface area (Å²) >= 11 is 0. The molecule has 0 aromatic heterocycles. The van der Waals surface area contributed by atoms with Gasteiger partial charge >= 0.3 is 0 Å². The third-order valence-electron chi connectivity index (χ3n) is 2.79. The molecule has 1 saturated heterocycles. The fraction of sp³-hybridized carbons (Fsp3) is 0.900. The molecule has 1 aliphatic rings. The van der Waals surface area contributed by atoms with Gasteiger partial charge in [-0.05, 0) is 31.2 Å². The Labute approximate surface area is 95.2 Å². The summed E-state index contributed by atoms with van der Waals surface area (Å²) in [4.78, 5) is 15.9. The Bertz CT molecular complexity index is 268. The number of likely N-dealkylation sites (tertiary alicyclic amines) is 1. The molecule has 0 N–H and O–H groups in total. The normalized spacial score (nSPS) is 16.9. The zero-order valence-electron chi connectivity index (χ0n) is 9.63. The standard InChI is InChI=1S/C10H18N4O2/c1-2-16-8-9-3-5-14(6-4-9)10(15)7-12-13-11/h9H,2-8H2,1H3. The van der Waals surface area contributed by atoms with Crippen LogP contribution < -0.4 is 0 Å². The van der Waals surface area contributed by atoms with E-state index in [0.717, 1.165) is 39.1 Å². The molecule has 0 atom stereocenters. The monoisotopic (exact) mass is 226 g/mol. The molecule has 1 rings (SSSR count). The molecule has 1 fully saturated rings. The summed E-state index contributed by atoms with van der Waals surface area (Å²) in [6.45, 7) is 4.95. The van der Waals surface area contributed by atoms with Crippen LogP contribution in [-0.4, -0.2) is 43.7 Å². The van der Waals surface area contributed by atoms with Crippen molar-refractivity contribution < 1.29 is 9.53 Å². The Morgan fingerprint density at radius 2 is 2.25 bits per heavy atom. The van der Waals surface area contributed by atoms with E-state index >= 15 is 0 Å². The van der Waals surface area contributed by atoms with Gasteiger partial charge in [-0.1, -0.05) is 5.11 Å². The quantitative estimate of drug-likeness (QED) is 0.405. The number of carbonyl (C=O) groups excluding carboxylic acids is 1. The molecule has 1 aliphatic heterocycles. The third-order valence-corrected chi connectivity index (χ3v) is 2.79. The second-order valence-electron chi connectivity index (χ2n) is 3.87. The molecule has 0 bridgehead atoms. The van der Waals surface area contributed by atoms with E-state index in [1.807, 2.05) is 6.92 Å². The summed E-state index contributed by atoms with van der Waals surface area (Å²) in [6.07, 6.45) is 1.95. The zero-order valence-corrected chi connectivity index (χ0v) is 9.63. The predicted octanol–water partition coefficient (Wildman–Crippen LogP) is 1.57. The molecule has 0 aliphatic carbocycles. The summed E-state index contributed by atoms with van der Waals surface area (Å²) in [6, 6.07) is 0. The van der Waals surface area contributed by atoms with Gasteiger partial charge in [-0.25, -0.2) is 0 Å². The summed E-state index contributed by atoms with van der Waals surface area (Å²) in [5.74, 6) is 0.483. The van der Waals surface area contributed by atoms with Crippen molar-refractivity contribution in [2.75, 3.05) is 32.8 Å². The van der Waals surface area contributed by atoms with Gasteiger partial charge in [0.05, 0.1) is 0 Å². The maximum atomic E-state index is 11.5. The first-order valence-electron chi connectivity index (χ1n) is 5.64. The lowest BCUT2D eigenvalue weighted by Crippen LogP contribution is -2.40. The number of piperidine rings is 1. The third kappa shape index (κ3) is 4.08. The molecule has 6 nitrogen and oxygen atoms in total. The summed E-state index contributed by atoms with van der Waals surface area (Å²) in [7, 11) is 0. The van der Waals surface area contributed by atoms with Crippen LogP contribution in [0.3, 0.4) is 0 Å². The predicted molar refractivity (Wildman–Crippen MR) is 59.8 cm³/mol. The highest BCUT2D eigenvalue weighted by Crippen LogP contribution is 2.17. The average molecular weight is 226 g/mol. The van der Waals surface area contributed by atoms with Crippen LogP contribution in [0.25, 0.3) is 10.4 Å². The summed E-state index contributed by atoms with van der Waals surface area (Å²) < 4.78 is 5.36. The van der Waals surface area contributed by atoms with Crippen LogP contribution in [0.15, 0.2) is 5.11 Å². The molecule has 90 valence electrons. The Morgan fingerprint density at radius 3 is 2.81 bits per heavy atom. The Kier molecular flexibility index (Phi) is 5.67. The zero-order chi connectivity index (χ0) is 11.8. The van der Waals surface area contributed by atoms with E-state index in [0.29, 0.717) is 5.92 Å². The number of rotatable bonds is 5. The van der Waals surface area contributed by atoms with E-state index in [4.69, 9.17) is 10.3 Å². The first-order valence-corrected chi connectivity index (χ1v) is 5.64. The molecule has 0 spiro atoms. The van der Waals surface area contributed by atoms with Gasteiger partial charge in [0, 0.05) is 31.2 Å². The van der Waals surface area contributed by atoms with Gasteiger partial charge in [-0.2, -0.15) is 0 Å². The van der Waals surface area contributed by atoms with Crippen molar-refractivity contribution in [2.45, 2.75) is 19.8 Å². The smallest absolute Gasteiger partial charge is 0.228 e. The maximum Gasteiger partial charge on any atom is 0.228 e. The van der Waals surface area contributed by atoms with Crippen molar-refractivity contribution in [2.24, 2.45) is 11.0 Å². The van der Waals surface area contributed by atoms with Crippen LogP contribution in [0.1, 0.15) is 19.8 Å². The van der Waals surface area contributed by atoms with E-state index in [2.05, 4.69) is 10.0 Å².